The lowest BCUT2D eigenvalue weighted by Crippen LogP contribution is -2.33. The molecule has 0 spiro atoms. The SMILES string of the molecule is Cn1cc(C(O)CNC(=O)C(c2ccccc2)c2ccccc2)c2ccccc21. The Balaban J connectivity index is 1.55. The van der Waals surface area contributed by atoms with Crippen LogP contribution in [0.15, 0.2) is 91.1 Å². The molecular formula is C25H24N2O2. The number of hydrogen-bond donors (Lipinski definition) is 2. The maximum absolute atomic E-state index is 13.1. The van der Waals surface area contributed by atoms with E-state index in [4.69, 9.17) is 0 Å². The summed E-state index contributed by atoms with van der Waals surface area (Å²) in [5.74, 6) is -0.543. The Kier molecular flexibility index (Phi) is 5.45. The summed E-state index contributed by atoms with van der Waals surface area (Å²) in [4.78, 5) is 13.1. The van der Waals surface area contributed by atoms with Crippen LogP contribution in [-0.4, -0.2) is 22.1 Å². The fourth-order valence-corrected chi connectivity index (χ4v) is 3.83. The molecule has 0 aliphatic rings. The van der Waals surface area contributed by atoms with Crippen molar-refractivity contribution in [2.75, 3.05) is 6.54 Å². The first kappa shape index (κ1) is 19.0. The minimum absolute atomic E-state index is 0.123. The van der Waals surface area contributed by atoms with Crippen LogP contribution in [0, 0.1) is 0 Å². The Morgan fingerprint density at radius 2 is 1.45 bits per heavy atom. The van der Waals surface area contributed by atoms with Crippen LogP contribution in [0.2, 0.25) is 0 Å². The van der Waals surface area contributed by atoms with Crippen molar-refractivity contribution in [2.45, 2.75) is 12.0 Å². The summed E-state index contributed by atoms with van der Waals surface area (Å²) in [6.07, 6.45) is 1.14. The lowest BCUT2D eigenvalue weighted by molar-refractivity contribution is -0.122. The number of aromatic nitrogens is 1. The van der Waals surface area contributed by atoms with Gasteiger partial charge in [-0.2, -0.15) is 0 Å². The second-order valence-corrected chi connectivity index (χ2v) is 7.23. The van der Waals surface area contributed by atoms with Gasteiger partial charge in [0.2, 0.25) is 5.91 Å². The molecule has 1 heterocycles. The largest absolute Gasteiger partial charge is 0.386 e. The van der Waals surface area contributed by atoms with Gasteiger partial charge in [-0.3, -0.25) is 4.79 Å². The van der Waals surface area contributed by atoms with E-state index in [2.05, 4.69) is 5.32 Å². The Hall–Kier alpha value is -3.37. The molecule has 0 bridgehead atoms. The Bertz CT molecular complexity index is 1060. The lowest BCUT2D eigenvalue weighted by atomic mass is 9.90. The van der Waals surface area contributed by atoms with E-state index < -0.39 is 12.0 Å². The van der Waals surface area contributed by atoms with Crippen molar-refractivity contribution in [1.82, 2.24) is 9.88 Å². The average Bonchev–Trinajstić information content (AvgIpc) is 3.11. The zero-order valence-electron chi connectivity index (χ0n) is 16.3. The van der Waals surface area contributed by atoms with Crippen molar-refractivity contribution in [3.8, 4) is 0 Å². The number of aliphatic hydroxyl groups is 1. The number of nitrogens with zero attached hydrogens (tertiary/aromatic N) is 1. The van der Waals surface area contributed by atoms with Crippen molar-refractivity contribution in [2.24, 2.45) is 7.05 Å². The summed E-state index contributed by atoms with van der Waals surface area (Å²) >= 11 is 0. The van der Waals surface area contributed by atoms with E-state index >= 15 is 0 Å². The third-order valence-electron chi connectivity index (χ3n) is 5.28. The fraction of sp³-hybridized carbons (Fsp3) is 0.160. The summed E-state index contributed by atoms with van der Waals surface area (Å²) in [6.45, 7) is 0.156. The number of fused-ring (bicyclic) bond motifs is 1. The van der Waals surface area contributed by atoms with Crippen LogP contribution in [0.3, 0.4) is 0 Å². The quantitative estimate of drug-likeness (QED) is 0.524. The van der Waals surface area contributed by atoms with Crippen molar-refractivity contribution in [3.05, 3.63) is 108 Å². The smallest absolute Gasteiger partial charge is 0.232 e. The molecule has 3 aromatic carbocycles. The number of benzene rings is 3. The molecule has 1 unspecified atom stereocenters. The van der Waals surface area contributed by atoms with E-state index in [0.29, 0.717) is 0 Å². The van der Waals surface area contributed by atoms with E-state index in [-0.39, 0.29) is 12.5 Å². The minimum Gasteiger partial charge on any atom is -0.386 e. The van der Waals surface area contributed by atoms with Crippen molar-refractivity contribution in [3.63, 3.8) is 0 Å². The molecule has 0 aliphatic heterocycles. The first-order valence-electron chi connectivity index (χ1n) is 9.75. The van der Waals surface area contributed by atoms with Gasteiger partial charge in [-0.15, -0.1) is 0 Å². The number of carbonyl (C=O) groups excluding carboxylic acids is 1. The standard InChI is InChI=1S/C25H24N2O2/c1-27-17-21(20-14-8-9-15-22(20)27)23(28)16-26-25(29)24(18-10-4-2-5-11-18)19-12-6-3-7-13-19/h2-15,17,23-24,28H,16H2,1H3,(H,26,29). The third-order valence-corrected chi connectivity index (χ3v) is 5.28. The van der Waals surface area contributed by atoms with Crippen LogP contribution in [0.25, 0.3) is 10.9 Å². The number of nitrogens with one attached hydrogen (secondary N) is 1. The summed E-state index contributed by atoms with van der Waals surface area (Å²) in [5, 5.41) is 14.7. The van der Waals surface area contributed by atoms with E-state index in [1.54, 1.807) is 0 Å². The molecule has 1 amide bonds. The van der Waals surface area contributed by atoms with Crippen LogP contribution < -0.4 is 5.32 Å². The van der Waals surface area contributed by atoms with Gasteiger partial charge in [0.25, 0.3) is 0 Å². The molecule has 0 fully saturated rings. The molecule has 1 aromatic heterocycles. The molecule has 29 heavy (non-hydrogen) atoms. The topological polar surface area (TPSA) is 54.3 Å². The monoisotopic (exact) mass is 384 g/mol. The van der Waals surface area contributed by atoms with Gasteiger partial charge in [0.1, 0.15) is 0 Å². The van der Waals surface area contributed by atoms with Gasteiger partial charge in [-0.25, -0.2) is 0 Å². The predicted octanol–water partition coefficient (Wildman–Crippen LogP) is 4.16. The number of aryl methyl sites for hydroxylation is 1. The maximum Gasteiger partial charge on any atom is 0.232 e. The summed E-state index contributed by atoms with van der Waals surface area (Å²) in [5.41, 5.74) is 3.73. The number of amides is 1. The zero-order valence-corrected chi connectivity index (χ0v) is 16.3. The molecule has 4 nitrogen and oxygen atoms in total. The molecule has 2 N–H and O–H groups in total. The summed E-state index contributed by atoms with van der Waals surface area (Å²) in [7, 11) is 1.96. The Labute approximate surface area is 170 Å². The molecule has 146 valence electrons. The van der Waals surface area contributed by atoms with E-state index in [1.807, 2.05) is 103 Å². The highest BCUT2D eigenvalue weighted by Crippen LogP contribution is 2.27. The van der Waals surface area contributed by atoms with Gasteiger partial charge in [-0.1, -0.05) is 78.9 Å². The van der Waals surface area contributed by atoms with Crippen LogP contribution in [0.4, 0.5) is 0 Å². The molecule has 0 saturated carbocycles. The van der Waals surface area contributed by atoms with Gasteiger partial charge in [0.15, 0.2) is 0 Å². The van der Waals surface area contributed by atoms with Gasteiger partial charge >= 0.3 is 0 Å². The van der Waals surface area contributed by atoms with E-state index in [9.17, 15) is 9.90 Å². The van der Waals surface area contributed by atoms with Crippen molar-refractivity contribution in [1.29, 1.82) is 0 Å². The summed E-state index contributed by atoms with van der Waals surface area (Å²) in [6, 6.07) is 27.4. The number of aliphatic hydroxyl groups excluding tert-OH is 1. The van der Waals surface area contributed by atoms with Gasteiger partial charge < -0.3 is 15.0 Å². The van der Waals surface area contributed by atoms with Gasteiger partial charge in [-0.05, 0) is 17.2 Å². The second-order valence-electron chi connectivity index (χ2n) is 7.23. The molecule has 0 aliphatic carbocycles. The number of hydrogen-bond acceptors (Lipinski definition) is 2. The highest BCUT2D eigenvalue weighted by atomic mass is 16.3. The fourth-order valence-electron chi connectivity index (χ4n) is 3.83. The first-order chi connectivity index (χ1) is 14.1. The van der Waals surface area contributed by atoms with E-state index in [1.165, 1.54) is 0 Å². The molecule has 4 heteroatoms. The van der Waals surface area contributed by atoms with Crippen LogP contribution in [-0.2, 0) is 11.8 Å². The number of carbonyl (C=O) groups is 1. The first-order valence-corrected chi connectivity index (χ1v) is 9.75. The molecule has 4 aromatic rings. The summed E-state index contributed by atoms with van der Waals surface area (Å²) < 4.78 is 1.99. The highest BCUT2D eigenvalue weighted by Gasteiger charge is 2.23. The lowest BCUT2D eigenvalue weighted by Gasteiger charge is -2.19. The Morgan fingerprint density at radius 1 is 0.897 bits per heavy atom. The zero-order chi connectivity index (χ0) is 20.2. The normalized spacial score (nSPS) is 12.2. The van der Waals surface area contributed by atoms with Crippen LogP contribution >= 0.6 is 0 Å². The predicted molar refractivity (Wildman–Crippen MR) is 116 cm³/mol. The number of para-hydroxylation sites is 1. The molecule has 0 radical (unpaired) electrons. The minimum atomic E-state index is -0.780. The third kappa shape index (κ3) is 3.93. The Morgan fingerprint density at radius 3 is 2.07 bits per heavy atom. The molecule has 1 atom stereocenters. The second kappa shape index (κ2) is 8.33. The van der Waals surface area contributed by atoms with Gasteiger partial charge in [0, 0.05) is 36.3 Å². The molecule has 0 saturated heterocycles. The van der Waals surface area contributed by atoms with Crippen LogP contribution in [0.1, 0.15) is 28.7 Å². The van der Waals surface area contributed by atoms with E-state index in [0.717, 1.165) is 27.6 Å². The average molecular weight is 384 g/mol. The van der Waals surface area contributed by atoms with Crippen molar-refractivity contribution < 1.29 is 9.90 Å². The highest BCUT2D eigenvalue weighted by molar-refractivity contribution is 5.87. The molecule has 4 rings (SSSR count). The maximum atomic E-state index is 13.1. The molecular weight excluding hydrogens is 360 g/mol. The number of rotatable bonds is 6. The van der Waals surface area contributed by atoms with Gasteiger partial charge in [0.05, 0.1) is 12.0 Å². The van der Waals surface area contributed by atoms with Crippen molar-refractivity contribution >= 4 is 16.8 Å². The van der Waals surface area contributed by atoms with Crippen LogP contribution in [0.5, 0.6) is 0 Å².